The molecule has 0 fully saturated rings. The van der Waals surface area contributed by atoms with Crippen molar-refractivity contribution in [2.45, 2.75) is 0 Å². The third-order valence-electron chi connectivity index (χ3n) is 2.27. The van der Waals surface area contributed by atoms with Gasteiger partial charge in [-0.05, 0) is 24.3 Å². The highest BCUT2D eigenvalue weighted by atomic mass is 19.2. The van der Waals surface area contributed by atoms with Crippen LogP contribution in [0.3, 0.4) is 0 Å². The Kier molecular flexibility index (Phi) is 4.04. The average molecular weight is 280 g/mol. The zero-order chi connectivity index (χ0) is 14.5. The van der Waals surface area contributed by atoms with Gasteiger partial charge in [-0.15, -0.1) is 10.2 Å². The van der Waals surface area contributed by atoms with Gasteiger partial charge >= 0.3 is 6.09 Å². The lowest BCUT2D eigenvalue weighted by Crippen LogP contribution is -2.12. The number of amides is 1. The summed E-state index contributed by atoms with van der Waals surface area (Å²) >= 11 is 0. The van der Waals surface area contributed by atoms with Crippen molar-refractivity contribution in [2.75, 3.05) is 17.7 Å². The van der Waals surface area contributed by atoms with Crippen LogP contribution < -0.4 is 10.6 Å². The van der Waals surface area contributed by atoms with Crippen LogP contribution in [0.2, 0.25) is 0 Å². The summed E-state index contributed by atoms with van der Waals surface area (Å²) in [6.45, 7) is 0. The fourth-order valence-electron chi connectivity index (χ4n) is 1.34. The van der Waals surface area contributed by atoms with Crippen LogP contribution in [0.15, 0.2) is 30.3 Å². The predicted octanol–water partition coefficient (Wildman–Crippen LogP) is 2.68. The van der Waals surface area contributed by atoms with Gasteiger partial charge in [0.1, 0.15) is 0 Å². The zero-order valence-corrected chi connectivity index (χ0v) is 10.4. The van der Waals surface area contributed by atoms with E-state index in [9.17, 15) is 13.6 Å². The Morgan fingerprint density at radius 2 is 1.80 bits per heavy atom. The number of methoxy groups -OCH3 is 1. The van der Waals surface area contributed by atoms with Gasteiger partial charge in [-0.1, -0.05) is 0 Å². The standard InChI is InChI=1S/C12H10F2N4O2/c1-20-12(19)16-11-5-4-10(17-18-11)15-7-2-3-8(13)9(14)6-7/h2-6H,1H3,(H,15,17)(H,16,18,19). The molecule has 8 heteroatoms. The summed E-state index contributed by atoms with van der Waals surface area (Å²) in [7, 11) is 1.22. The molecule has 1 amide bonds. The molecule has 1 heterocycles. The molecule has 0 aliphatic rings. The molecular formula is C12H10F2N4O2. The fraction of sp³-hybridized carbons (Fsp3) is 0.0833. The van der Waals surface area contributed by atoms with Gasteiger partial charge in [-0.25, -0.2) is 13.6 Å². The van der Waals surface area contributed by atoms with Crippen LogP contribution in [0, 0.1) is 11.6 Å². The van der Waals surface area contributed by atoms with Crippen molar-refractivity contribution >= 4 is 23.4 Å². The van der Waals surface area contributed by atoms with Crippen LogP contribution in [-0.2, 0) is 4.74 Å². The van der Waals surface area contributed by atoms with Crippen molar-refractivity contribution in [1.82, 2.24) is 10.2 Å². The molecule has 2 rings (SSSR count). The van der Waals surface area contributed by atoms with E-state index in [4.69, 9.17) is 0 Å². The highest BCUT2D eigenvalue weighted by Crippen LogP contribution is 2.17. The maximum absolute atomic E-state index is 13.0. The number of nitrogens with zero attached hydrogens (tertiary/aromatic N) is 2. The van der Waals surface area contributed by atoms with E-state index >= 15 is 0 Å². The van der Waals surface area contributed by atoms with E-state index in [1.54, 1.807) is 0 Å². The molecule has 0 aliphatic carbocycles. The summed E-state index contributed by atoms with van der Waals surface area (Å²) < 4.78 is 30.2. The molecule has 1 aromatic heterocycles. The number of hydrogen-bond acceptors (Lipinski definition) is 5. The lowest BCUT2D eigenvalue weighted by atomic mass is 10.3. The number of hydrogen-bond donors (Lipinski definition) is 2. The van der Waals surface area contributed by atoms with E-state index in [0.29, 0.717) is 11.5 Å². The molecule has 0 spiro atoms. The normalized spacial score (nSPS) is 9.95. The molecule has 2 N–H and O–H groups in total. The second kappa shape index (κ2) is 5.91. The number of carbonyl (C=O) groups is 1. The minimum atomic E-state index is -0.966. The highest BCUT2D eigenvalue weighted by molar-refractivity contribution is 5.83. The van der Waals surface area contributed by atoms with Crippen molar-refractivity contribution in [3.8, 4) is 0 Å². The summed E-state index contributed by atoms with van der Waals surface area (Å²) in [6, 6.07) is 6.35. The van der Waals surface area contributed by atoms with Crippen molar-refractivity contribution in [1.29, 1.82) is 0 Å². The second-order valence-corrected chi connectivity index (χ2v) is 3.67. The van der Waals surface area contributed by atoms with Gasteiger partial charge in [0, 0.05) is 11.8 Å². The first-order chi connectivity index (χ1) is 9.58. The molecule has 0 saturated carbocycles. The Bertz CT molecular complexity index is 619. The third-order valence-corrected chi connectivity index (χ3v) is 2.27. The molecule has 1 aromatic carbocycles. The number of rotatable bonds is 3. The van der Waals surface area contributed by atoms with Crippen molar-refractivity contribution in [2.24, 2.45) is 0 Å². The van der Waals surface area contributed by atoms with Gasteiger partial charge < -0.3 is 10.1 Å². The van der Waals surface area contributed by atoms with Crippen LogP contribution in [0.1, 0.15) is 0 Å². The van der Waals surface area contributed by atoms with Gasteiger partial charge in [-0.2, -0.15) is 0 Å². The minimum absolute atomic E-state index is 0.202. The van der Waals surface area contributed by atoms with E-state index in [-0.39, 0.29) is 5.82 Å². The third kappa shape index (κ3) is 3.37. The van der Waals surface area contributed by atoms with Crippen LogP contribution in [0.4, 0.5) is 30.9 Å². The molecule has 0 bridgehead atoms. The smallest absolute Gasteiger partial charge is 0.412 e. The molecule has 20 heavy (non-hydrogen) atoms. The zero-order valence-electron chi connectivity index (χ0n) is 10.4. The number of nitrogens with one attached hydrogen (secondary N) is 2. The quantitative estimate of drug-likeness (QED) is 0.904. The Morgan fingerprint density at radius 3 is 2.40 bits per heavy atom. The first-order valence-corrected chi connectivity index (χ1v) is 5.49. The van der Waals surface area contributed by atoms with Crippen molar-refractivity contribution in [3.05, 3.63) is 42.0 Å². The molecule has 6 nitrogen and oxygen atoms in total. The number of carbonyl (C=O) groups excluding carboxylic acids is 1. The van der Waals surface area contributed by atoms with Crippen LogP contribution in [0.25, 0.3) is 0 Å². The Morgan fingerprint density at radius 1 is 1.10 bits per heavy atom. The van der Waals surface area contributed by atoms with Crippen molar-refractivity contribution in [3.63, 3.8) is 0 Å². The number of anilines is 3. The Labute approximate surface area is 112 Å². The van der Waals surface area contributed by atoms with E-state index in [2.05, 4.69) is 25.6 Å². The molecule has 0 aliphatic heterocycles. The summed E-state index contributed by atoms with van der Waals surface area (Å²) in [5, 5.41) is 12.5. The van der Waals surface area contributed by atoms with Crippen LogP contribution in [-0.4, -0.2) is 23.4 Å². The molecule has 0 saturated heterocycles. The number of halogens is 2. The number of benzene rings is 1. The average Bonchev–Trinajstić information content (AvgIpc) is 2.45. The summed E-state index contributed by atoms with van der Waals surface area (Å²) in [4.78, 5) is 10.9. The SMILES string of the molecule is COC(=O)Nc1ccc(Nc2ccc(F)c(F)c2)nn1. The van der Waals surface area contributed by atoms with Gasteiger partial charge in [-0.3, -0.25) is 5.32 Å². The largest absolute Gasteiger partial charge is 0.453 e. The summed E-state index contributed by atoms with van der Waals surface area (Å²) in [5.74, 6) is -1.38. The topological polar surface area (TPSA) is 76.1 Å². The van der Waals surface area contributed by atoms with Gasteiger partial charge in [0.25, 0.3) is 0 Å². The predicted molar refractivity (Wildman–Crippen MR) is 67.7 cm³/mol. The van der Waals surface area contributed by atoms with Crippen molar-refractivity contribution < 1.29 is 18.3 Å². The van der Waals surface area contributed by atoms with E-state index < -0.39 is 17.7 Å². The van der Waals surface area contributed by atoms with Gasteiger partial charge in [0.05, 0.1) is 7.11 Å². The Balaban J connectivity index is 2.06. The first-order valence-electron chi connectivity index (χ1n) is 5.49. The fourth-order valence-corrected chi connectivity index (χ4v) is 1.34. The number of aromatic nitrogens is 2. The second-order valence-electron chi connectivity index (χ2n) is 3.67. The Hall–Kier alpha value is -2.77. The number of ether oxygens (including phenoxy) is 1. The minimum Gasteiger partial charge on any atom is -0.453 e. The molecule has 0 radical (unpaired) electrons. The van der Waals surface area contributed by atoms with E-state index in [1.165, 1.54) is 25.3 Å². The van der Waals surface area contributed by atoms with E-state index in [0.717, 1.165) is 12.1 Å². The molecule has 104 valence electrons. The lowest BCUT2D eigenvalue weighted by Gasteiger charge is -2.06. The lowest BCUT2D eigenvalue weighted by molar-refractivity contribution is 0.187. The van der Waals surface area contributed by atoms with Gasteiger partial charge in [0.2, 0.25) is 0 Å². The van der Waals surface area contributed by atoms with Crippen LogP contribution >= 0.6 is 0 Å². The monoisotopic (exact) mass is 280 g/mol. The maximum Gasteiger partial charge on any atom is 0.412 e. The molecular weight excluding hydrogens is 270 g/mol. The maximum atomic E-state index is 13.0. The summed E-state index contributed by atoms with van der Waals surface area (Å²) in [5.41, 5.74) is 0.326. The summed E-state index contributed by atoms with van der Waals surface area (Å²) in [6.07, 6.45) is -0.666. The van der Waals surface area contributed by atoms with Gasteiger partial charge in [0.15, 0.2) is 23.3 Å². The van der Waals surface area contributed by atoms with Crippen LogP contribution in [0.5, 0.6) is 0 Å². The first kappa shape index (κ1) is 13.7. The molecule has 2 aromatic rings. The molecule has 0 unspecified atom stereocenters. The molecule has 0 atom stereocenters. The van der Waals surface area contributed by atoms with E-state index in [1.807, 2.05) is 0 Å². The highest BCUT2D eigenvalue weighted by Gasteiger charge is 2.05.